The fourth-order valence-corrected chi connectivity index (χ4v) is 3.95. The van der Waals surface area contributed by atoms with Gasteiger partial charge in [0, 0.05) is 12.2 Å². The highest BCUT2D eigenvalue weighted by Gasteiger charge is 2.49. The van der Waals surface area contributed by atoms with Gasteiger partial charge in [-0.15, -0.1) is 12.4 Å². The SMILES string of the molecule is Cl.NC(=O)c1cc(NC(=O)[C@@]23CCCC[C@H]2CNC3)ccc1Cl. The van der Waals surface area contributed by atoms with E-state index in [2.05, 4.69) is 10.6 Å². The van der Waals surface area contributed by atoms with Gasteiger partial charge in [-0.05, 0) is 43.5 Å². The monoisotopic (exact) mass is 357 g/mol. The van der Waals surface area contributed by atoms with Crippen molar-refractivity contribution in [1.29, 1.82) is 0 Å². The van der Waals surface area contributed by atoms with Crippen LogP contribution in [0.2, 0.25) is 5.02 Å². The second kappa shape index (κ2) is 7.07. The minimum Gasteiger partial charge on any atom is -0.366 e. The van der Waals surface area contributed by atoms with Gasteiger partial charge in [0.1, 0.15) is 0 Å². The molecule has 1 saturated carbocycles. The van der Waals surface area contributed by atoms with Crippen molar-refractivity contribution in [3.8, 4) is 0 Å². The van der Waals surface area contributed by atoms with Crippen LogP contribution in [0.4, 0.5) is 5.69 Å². The first-order chi connectivity index (χ1) is 10.5. The van der Waals surface area contributed by atoms with Crippen LogP contribution in [-0.2, 0) is 4.79 Å². The maximum absolute atomic E-state index is 12.8. The third-order valence-corrected chi connectivity index (χ3v) is 5.31. The van der Waals surface area contributed by atoms with Crippen molar-refractivity contribution in [3.05, 3.63) is 28.8 Å². The highest BCUT2D eigenvalue weighted by Crippen LogP contribution is 2.44. The summed E-state index contributed by atoms with van der Waals surface area (Å²) in [4.78, 5) is 24.2. The summed E-state index contributed by atoms with van der Waals surface area (Å²) in [6.45, 7) is 1.63. The van der Waals surface area contributed by atoms with Gasteiger partial charge in [0.05, 0.1) is 16.0 Å². The molecule has 1 aliphatic heterocycles. The van der Waals surface area contributed by atoms with Crippen molar-refractivity contribution in [2.24, 2.45) is 17.1 Å². The Morgan fingerprint density at radius 3 is 2.87 bits per heavy atom. The first kappa shape index (κ1) is 18.0. The average molecular weight is 358 g/mol. The predicted octanol–water partition coefficient (Wildman–Crippen LogP) is 2.58. The molecule has 0 radical (unpaired) electrons. The Bertz CT molecular complexity index is 623. The normalized spacial score (nSPS) is 26.0. The van der Waals surface area contributed by atoms with Gasteiger partial charge in [0.15, 0.2) is 0 Å². The largest absolute Gasteiger partial charge is 0.366 e. The summed E-state index contributed by atoms with van der Waals surface area (Å²) in [6.07, 6.45) is 4.27. The molecule has 1 aromatic rings. The highest BCUT2D eigenvalue weighted by molar-refractivity contribution is 6.34. The number of anilines is 1. The van der Waals surface area contributed by atoms with E-state index in [1.54, 1.807) is 18.2 Å². The molecule has 23 heavy (non-hydrogen) atoms. The van der Waals surface area contributed by atoms with Crippen LogP contribution in [0.25, 0.3) is 0 Å². The number of halogens is 2. The molecule has 4 N–H and O–H groups in total. The Labute approximate surface area is 146 Å². The Hall–Kier alpha value is -1.30. The molecule has 2 fully saturated rings. The Morgan fingerprint density at radius 1 is 1.35 bits per heavy atom. The van der Waals surface area contributed by atoms with E-state index in [-0.39, 0.29) is 29.3 Å². The topological polar surface area (TPSA) is 84.2 Å². The summed E-state index contributed by atoms with van der Waals surface area (Å²) in [6, 6.07) is 4.82. The Balaban J connectivity index is 0.00000192. The minimum atomic E-state index is -0.600. The lowest BCUT2D eigenvalue weighted by atomic mass is 9.67. The molecule has 1 saturated heterocycles. The molecule has 2 aliphatic rings. The van der Waals surface area contributed by atoms with E-state index < -0.39 is 5.91 Å². The molecule has 126 valence electrons. The van der Waals surface area contributed by atoms with Crippen molar-refractivity contribution < 1.29 is 9.59 Å². The van der Waals surface area contributed by atoms with Gasteiger partial charge in [0.2, 0.25) is 11.8 Å². The highest BCUT2D eigenvalue weighted by atomic mass is 35.5. The number of rotatable bonds is 3. The van der Waals surface area contributed by atoms with Crippen LogP contribution in [0.3, 0.4) is 0 Å². The van der Waals surface area contributed by atoms with E-state index in [9.17, 15) is 9.59 Å². The van der Waals surface area contributed by atoms with E-state index in [4.69, 9.17) is 17.3 Å². The van der Waals surface area contributed by atoms with E-state index in [0.717, 1.165) is 32.4 Å². The molecule has 2 amide bonds. The standard InChI is InChI=1S/C16H20ClN3O2.ClH/c17-13-5-4-11(7-12(13)14(18)21)20-15(22)16-6-2-1-3-10(16)8-19-9-16;/h4-5,7,10,19H,1-3,6,8-9H2,(H2,18,21)(H,20,22);1H/t10-,16+;/m0./s1. The number of carbonyl (C=O) groups excluding carboxylic acids is 2. The molecule has 1 aromatic carbocycles. The number of fused-ring (bicyclic) bond motifs is 1. The molecule has 2 atom stereocenters. The smallest absolute Gasteiger partial charge is 0.250 e. The second-order valence-electron chi connectivity index (χ2n) is 6.24. The molecule has 0 unspecified atom stereocenters. The van der Waals surface area contributed by atoms with Crippen LogP contribution in [-0.4, -0.2) is 24.9 Å². The first-order valence-corrected chi connectivity index (χ1v) is 8.02. The third-order valence-electron chi connectivity index (χ3n) is 4.98. The number of hydrogen-bond donors (Lipinski definition) is 3. The molecule has 0 spiro atoms. The number of primary amides is 1. The van der Waals surface area contributed by atoms with Crippen molar-refractivity contribution in [2.75, 3.05) is 18.4 Å². The average Bonchev–Trinajstić information content (AvgIpc) is 2.94. The predicted molar refractivity (Wildman–Crippen MR) is 93.1 cm³/mol. The summed E-state index contributed by atoms with van der Waals surface area (Å²) < 4.78 is 0. The van der Waals surface area contributed by atoms with E-state index in [0.29, 0.717) is 16.6 Å². The van der Waals surface area contributed by atoms with E-state index >= 15 is 0 Å². The van der Waals surface area contributed by atoms with Crippen molar-refractivity contribution >= 4 is 41.5 Å². The number of carbonyl (C=O) groups is 2. The Kier molecular flexibility index (Phi) is 5.55. The lowest BCUT2D eigenvalue weighted by molar-refractivity contribution is -0.128. The third kappa shape index (κ3) is 3.32. The van der Waals surface area contributed by atoms with Gasteiger partial charge in [-0.1, -0.05) is 24.4 Å². The van der Waals surface area contributed by atoms with Gasteiger partial charge >= 0.3 is 0 Å². The molecule has 0 aromatic heterocycles. The molecule has 1 heterocycles. The van der Waals surface area contributed by atoms with Crippen LogP contribution in [0.5, 0.6) is 0 Å². The first-order valence-electron chi connectivity index (χ1n) is 7.64. The number of nitrogens with one attached hydrogen (secondary N) is 2. The zero-order valence-electron chi connectivity index (χ0n) is 12.7. The molecule has 5 nitrogen and oxygen atoms in total. The quantitative estimate of drug-likeness (QED) is 0.777. The second-order valence-corrected chi connectivity index (χ2v) is 6.65. The van der Waals surface area contributed by atoms with Gasteiger partial charge < -0.3 is 16.4 Å². The zero-order valence-corrected chi connectivity index (χ0v) is 14.3. The molecule has 0 bridgehead atoms. The molecule has 3 rings (SSSR count). The lowest BCUT2D eigenvalue weighted by Gasteiger charge is -2.37. The molecular weight excluding hydrogens is 337 g/mol. The molecule has 7 heteroatoms. The summed E-state index contributed by atoms with van der Waals surface area (Å²) in [7, 11) is 0. The van der Waals surface area contributed by atoms with Crippen LogP contribution >= 0.6 is 24.0 Å². The Morgan fingerprint density at radius 2 is 2.13 bits per heavy atom. The van der Waals surface area contributed by atoms with Gasteiger partial charge in [-0.3, -0.25) is 9.59 Å². The number of nitrogens with two attached hydrogens (primary N) is 1. The number of benzene rings is 1. The fraction of sp³-hybridized carbons (Fsp3) is 0.500. The summed E-state index contributed by atoms with van der Waals surface area (Å²) >= 11 is 5.94. The lowest BCUT2D eigenvalue weighted by Crippen LogP contribution is -2.44. The van der Waals surface area contributed by atoms with Crippen LogP contribution in [0.1, 0.15) is 36.0 Å². The van der Waals surface area contributed by atoms with Crippen molar-refractivity contribution in [1.82, 2.24) is 5.32 Å². The van der Waals surface area contributed by atoms with Crippen molar-refractivity contribution in [2.45, 2.75) is 25.7 Å². The minimum absolute atomic E-state index is 0. The maximum Gasteiger partial charge on any atom is 0.250 e. The zero-order chi connectivity index (χ0) is 15.7. The van der Waals surface area contributed by atoms with Crippen LogP contribution < -0.4 is 16.4 Å². The fourth-order valence-electron chi connectivity index (χ4n) is 3.74. The van der Waals surface area contributed by atoms with Crippen LogP contribution in [0.15, 0.2) is 18.2 Å². The summed E-state index contributed by atoms with van der Waals surface area (Å²) in [5, 5.41) is 6.60. The van der Waals surface area contributed by atoms with E-state index in [1.807, 2.05) is 0 Å². The van der Waals surface area contributed by atoms with Crippen LogP contribution in [0, 0.1) is 11.3 Å². The number of hydrogen-bond acceptors (Lipinski definition) is 3. The van der Waals surface area contributed by atoms with Crippen molar-refractivity contribution in [3.63, 3.8) is 0 Å². The summed E-state index contributed by atoms with van der Waals surface area (Å²) in [5.74, 6) is -0.179. The molecule has 1 aliphatic carbocycles. The van der Waals surface area contributed by atoms with Gasteiger partial charge in [-0.25, -0.2) is 0 Å². The molecular formula is C16H21Cl2N3O2. The van der Waals surface area contributed by atoms with E-state index in [1.165, 1.54) is 6.42 Å². The maximum atomic E-state index is 12.8. The van der Waals surface area contributed by atoms with Gasteiger partial charge in [-0.2, -0.15) is 0 Å². The summed E-state index contributed by atoms with van der Waals surface area (Å²) in [5.41, 5.74) is 5.75. The van der Waals surface area contributed by atoms with Gasteiger partial charge in [0.25, 0.3) is 0 Å². The number of amides is 2.